The first-order chi connectivity index (χ1) is 12.4. The van der Waals surface area contributed by atoms with E-state index in [9.17, 15) is 17.6 Å². The summed E-state index contributed by atoms with van der Waals surface area (Å²) in [4.78, 5) is 12.4. The van der Waals surface area contributed by atoms with Gasteiger partial charge in [-0.3, -0.25) is 4.79 Å². The average Bonchev–Trinajstić information content (AvgIpc) is 3.13. The molecule has 2 aromatic carbocycles. The van der Waals surface area contributed by atoms with Crippen LogP contribution in [0, 0.1) is 5.82 Å². The molecule has 2 N–H and O–H groups in total. The predicted molar refractivity (Wildman–Crippen MR) is 96.6 cm³/mol. The van der Waals surface area contributed by atoms with Crippen LogP contribution in [0.2, 0.25) is 0 Å². The van der Waals surface area contributed by atoms with Crippen LogP contribution in [0.3, 0.4) is 0 Å². The summed E-state index contributed by atoms with van der Waals surface area (Å²) in [7, 11) is -3.64. The van der Waals surface area contributed by atoms with Crippen molar-refractivity contribution < 1.29 is 17.6 Å². The van der Waals surface area contributed by atoms with E-state index in [0.717, 1.165) is 31.2 Å². The molecule has 2 aromatic rings. The molecule has 26 heavy (non-hydrogen) atoms. The molecular weight excluding hydrogens is 355 g/mol. The quantitative estimate of drug-likeness (QED) is 0.814. The van der Waals surface area contributed by atoms with Gasteiger partial charge in [0.1, 0.15) is 5.82 Å². The number of sulfonamides is 1. The highest BCUT2D eigenvalue weighted by Crippen LogP contribution is 2.21. The van der Waals surface area contributed by atoms with Crippen molar-refractivity contribution in [1.29, 1.82) is 0 Å². The topological polar surface area (TPSA) is 75.3 Å². The Kier molecular flexibility index (Phi) is 5.68. The Morgan fingerprint density at radius 2 is 1.77 bits per heavy atom. The van der Waals surface area contributed by atoms with Gasteiger partial charge in [-0.05, 0) is 48.7 Å². The lowest BCUT2D eigenvalue weighted by atomic mass is 10.2. The summed E-state index contributed by atoms with van der Waals surface area (Å²) in [5, 5.41) is 2.71. The maximum absolute atomic E-state index is 12.9. The summed E-state index contributed by atoms with van der Waals surface area (Å²) in [6.07, 6.45) is 3.74. The Morgan fingerprint density at radius 3 is 2.46 bits per heavy atom. The number of benzene rings is 2. The molecule has 0 heterocycles. The molecule has 0 radical (unpaired) electrons. The number of hydrogen-bond donors (Lipinski definition) is 2. The van der Waals surface area contributed by atoms with Gasteiger partial charge in [-0.2, -0.15) is 0 Å². The molecule has 0 aliphatic heterocycles. The molecule has 1 aliphatic carbocycles. The first-order valence-electron chi connectivity index (χ1n) is 8.59. The van der Waals surface area contributed by atoms with Gasteiger partial charge < -0.3 is 5.32 Å². The van der Waals surface area contributed by atoms with Crippen LogP contribution in [0.5, 0.6) is 0 Å². The van der Waals surface area contributed by atoms with Crippen molar-refractivity contribution in [1.82, 2.24) is 10.0 Å². The molecule has 1 fully saturated rings. The fraction of sp³-hybridized carbons (Fsp3) is 0.316. The van der Waals surface area contributed by atoms with Crippen LogP contribution < -0.4 is 10.0 Å². The molecule has 0 atom stereocenters. The van der Waals surface area contributed by atoms with Crippen LogP contribution in [0.4, 0.5) is 4.39 Å². The van der Waals surface area contributed by atoms with Crippen LogP contribution in [-0.4, -0.2) is 20.4 Å². The lowest BCUT2D eigenvalue weighted by Crippen LogP contribution is -2.32. The smallest absolute Gasteiger partial charge is 0.251 e. The number of rotatable bonds is 6. The largest absolute Gasteiger partial charge is 0.348 e. The van der Waals surface area contributed by atoms with Crippen molar-refractivity contribution in [3.05, 3.63) is 65.5 Å². The van der Waals surface area contributed by atoms with E-state index in [4.69, 9.17) is 0 Å². The fourth-order valence-corrected chi connectivity index (χ4v) is 4.37. The minimum Gasteiger partial charge on any atom is -0.348 e. The molecule has 1 aliphatic rings. The fourth-order valence-electron chi connectivity index (χ4n) is 3.02. The third-order valence-corrected chi connectivity index (χ3v) is 5.97. The minimum absolute atomic E-state index is 0.0315. The van der Waals surface area contributed by atoms with Gasteiger partial charge in [0.15, 0.2) is 0 Å². The SMILES string of the molecule is O=C(NCc1ccc(F)cc1)c1cccc(S(=O)(=O)NC2CCCC2)c1. The van der Waals surface area contributed by atoms with Gasteiger partial charge in [-0.15, -0.1) is 0 Å². The summed E-state index contributed by atoms with van der Waals surface area (Å²) in [5.41, 5.74) is 1.02. The molecule has 3 rings (SSSR count). The van der Waals surface area contributed by atoms with Gasteiger partial charge in [0.2, 0.25) is 10.0 Å². The standard InChI is InChI=1S/C19H21FN2O3S/c20-16-10-8-14(9-11-16)13-21-19(23)15-4-3-7-18(12-15)26(24,25)22-17-5-1-2-6-17/h3-4,7-12,17,22H,1-2,5-6,13H2,(H,21,23). The van der Waals surface area contributed by atoms with Crippen molar-refractivity contribution in [3.63, 3.8) is 0 Å². The van der Waals surface area contributed by atoms with Gasteiger partial charge in [0.25, 0.3) is 5.91 Å². The number of halogens is 1. The molecule has 138 valence electrons. The monoisotopic (exact) mass is 376 g/mol. The van der Waals surface area contributed by atoms with E-state index in [1.807, 2.05) is 0 Å². The molecule has 1 saturated carbocycles. The van der Waals surface area contributed by atoms with Gasteiger partial charge >= 0.3 is 0 Å². The maximum Gasteiger partial charge on any atom is 0.251 e. The summed E-state index contributed by atoms with van der Waals surface area (Å²) in [5.74, 6) is -0.722. The summed E-state index contributed by atoms with van der Waals surface area (Å²) in [6.45, 7) is 0.233. The van der Waals surface area contributed by atoms with Crippen LogP contribution in [0.25, 0.3) is 0 Å². The third-order valence-electron chi connectivity index (χ3n) is 4.45. The number of carbonyl (C=O) groups is 1. The lowest BCUT2D eigenvalue weighted by Gasteiger charge is -2.13. The van der Waals surface area contributed by atoms with E-state index in [0.29, 0.717) is 0 Å². The molecule has 0 unspecified atom stereocenters. The highest BCUT2D eigenvalue weighted by Gasteiger charge is 2.23. The van der Waals surface area contributed by atoms with Gasteiger partial charge in [-0.1, -0.05) is 31.0 Å². The van der Waals surface area contributed by atoms with Gasteiger partial charge in [0.05, 0.1) is 4.90 Å². The van der Waals surface area contributed by atoms with Crippen LogP contribution >= 0.6 is 0 Å². The van der Waals surface area contributed by atoms with Gasteiger partial charge in [0, 0.05) is 18.2 Å². The number of hydrogen-bond acceptors (Lipinski definition) is 3. The zero-order valence-corrected chi connectivity index (χ0v) is 15.1. The Bertz CT molecular complexity index is 876. The third kappa shape index (κ3) is 4.68. The highest BCUT2D eigenvalue weighted by atomic mass is 32.2. The lowest BCUT2D eigenvalue weighted by molar-refractivity contribution is 0.0950. The average molecular weight is 376 g/mol. The Labute approximate surface area is 152 Å². The minimum atomic E-state index is -3.64. The Balaban J connectivity index is 1.67. The number of carbonyl (C=O) groups excluding carboxylic acids is 1. The molecule has 0 spiro atoms. The number of nitrogens with one attached hydrogen (secondary N) is 2. The van der Waals surface area contributed by atoms with Crippen LogP contribution in [0.15, 0.2) is 53.4 Å². The molecular formula is C19H21FN2O3S. The summed E-state index contributed by atoms with van der Waals surface area (Å²) >= 11 is 0. The van der Waals surface area contributed by atoms with Crippen LogP contribution in [-0.2, 0) is 16.6 Å². The molecule has 0 aromatic heterocycles. The van der Waals surface area contributed by atoms with E-state index in [1.54, 1.807) is 24.3 Å². The molecule has 1 amide bonds. The predicted octanol–water partition coefficient (Wildman–Crippen LogP) is 2.98. The molecule has 7 heteroatoms. The Hall–Kier alpha value is -2.25. The Morgan fingerprint density at radius 1 is 1.08 bits per heavy atom. The zero-order chi connectivity index (χ0) is 18.6. The van der Waals surface area contributed by atoms with Crippen molar-refractivity contribution in [2.24, 2.45) is 0 Å². The van der Waals surface area contributed by atoms with E-state index in [2.05, 4.69) is 10.0 Å². The van der Waals surface area contributed by atoms with E-state index < -0.39 is 10.0 Å². The summed E-state index contributed by atoms with van der Waals surface area (Å²) in [6, 6.07) is 11.8. The van der Waals surface area contributed by atoms with E-state index >= 15 is 0 Å². The van der Waals surface area contributed by atoms with Crippen molar-refractivity contribution in [2.45, 2.75) is 43.2 Å². The first-order valence-corrected chi connectivity index (χ1v) is 10.1. The summed E-state index contributed by atoms with van der Waals surface area (Å²) < 4.78 is 40.6. The number of amides is 1. The second-order valence-electron chi connectivity index (χ2n) is 6.44. The van der Waals surface area contributed by atoms with Crippen molar-refractivity contribution in [3.8, 4) is 0 Å². The zero-order valence-electron chi connectivity index (χ0n) is 14.2. The molecule has 0 bridgehead atoms. The molecule has 5 nitrogen and oxygen atoms in total. The first kappa shape index (κ1) is 18.5. The van der Waals surface area contributed by atoms with Crippen molar-refractivity contribution in [2.75, 3.05) is 0 Å². The van der Waals surface area contributed by atoms with Crippen molar-refractivity contribution >= 4 is 15.9 Å². The normalized spacial score (nSPS) is 15.1. The second-order valence-corrected chi connectivity index (χ2v) is 8.15. The molecule has 0 saturated heterocycles. The highest BCUT2D eigenvalue weighted by molar-refractivity contribution is 7.89. The van der Waals surface area contributed by atoms with Gasteiger partial charge in [-0.25, -0.2) is 17.5 Å². The second kappa shape index (κ2) is 7.97. The van der Waals surface area contributed by atoms with E-state index in [1.165, 1.54) is 24.3 Å². The maximum atomic E-state index is 12.9. The van der Waals surface area contributed by atoms with E-state index in [-0.39, 0.29) is 34.8 Å². The van der Waals surface area contributed by atoms with Crippen LogP contribution in [0.1, 0.15) is 41.6 Å².